The Balaban J connectivity index is 2.51. The highest BCUT2D eigenvalue weighted by atomic mass is 35.5. The fraction of sp³-hybridized carbons (Fsp3) is 0. The summed E-state index contributed by atoms with van der Waals surface area (Å²) in [4.78, 5) is -0.247. The fourth-order valence-corrected chi connectivity index (χ4v) is 3.13. The number of nitriles is 1. The van der Waals surface area contributed by atoms with Gasteiger partial charge in [-0.15, -0.1) is 0 Å². The Hall–Kier alpha value is -2.30. The Bertz CT molecular complexity index is 847. The molecule has 0 aliphatic carbocycles. The van der Waals surface area contributed by atoms with E-state index in [-0.39, 0.29) is 21.3 Å². The first-order chi connectivity index (χ1) is 9.85. The number of benzene rings is 2. The molecule has 8 heteroatoms. The summed E-state index contributed by atoms with van der Waals surface area (Å²) in [5.74, 6) is -0.822. The maximum Gasteiger partial charge on any atom is 0.264 e. The molecular weight excluding hydrogens is 317 g/mol. The summed E-state index contributed by atoms with van der Waals surface area (Å²) < 4.78 is 40.1. The number of rotatable bonds is 3. The van der Waals surface area contributed by atoms with Crippen LogP contribution >= 0.6 is 11.6 Å². The molecule has 0 heterocycles. The van der Waals surface area contributed by atoms with Crippen LogP contribution in [0.5, 0.6) is 0 Å². The van der Waals surface area contributed by atoms with Crippen LogP contribution in [0, 0.1) is 17.1 Å². The highest BCUT2D eigenvalue weighted by Crippen LogP contribution is 2.26. The summed E-state index contributed by atoms with van der Waals surface area (Å²) in [6.07, 6.45) is 0. The molecule has 0 saturated heterocycles. The van der Waals surface area contributed by atoms with Gasteiger partial charge < -0.3 is 5.73 Å². The molecule has 108 valence electrons. The van der Waals surface area contributed by atoms with Gasteiger partial charge in [0.15, 0.2) is 0 Å². The van der Waals surface area contributed by atoms with Crippen molar-refractivity contribution in [1.82, 2.24) is 0 Å². The normalized spacial score (nSPS) is 10.9. The van der Waals surface area contributed by atoms with Gasteiger partial charge in [0.05, 0.1) is 11.4 Å². The number of hydrogen-bond donors (Lipinski definition) is 2. The zero-order valence-electron chi connectivity index (χ0n) is 10.5. The van der Waals surface area contributed by atoms with Crippen molar-refractivity contribution in [2.24, 2.45) is 0 Å². The Morgan fingerprint density at radius 3 is 2.67 bits per heavy atom. The van der Waals surface area contributed by atoms with E-state index >= 15 is 0 Å². The number of sulfonamides is 1. The quantitative estimate of drug-likeness (QED) is 0.848. The third kappa shape index (κ3) is 3.07. The number of nitrogen functional groups attached to an aromatic ring is 1. The van der Waals surface area contributed by atoms with Crippen LogP contribution in [0.1, 0.15) is 5.56 Å². The lowest BCUT2D eigenvalue weighted by molar-refractivity contribution is 0.601. The standard InChI is InChI=1S/C13H9ClFN3O2S/c14-8-4-5-11(17)13(6-8)21(19,20)18-12-3-1-2-10(15)9(12)7-16/h1-6,18H,17H2. The van der Waals surface area contributed by atoms with Crippen LogP contribution in [0.15, 0.2) is 41.3 Å². The largest absolute Gasteiger partial charge is 0.398 e. The molecule has 21 heavy (non-hydrogen) atoms. The predicted molar refractivity (Wildman–Crippen MR) is 77.8 cm³/mol. The Labute approximate surface area is 125 Å². The fourth-order valence-electron chi connectivity index (χ4n) is 1.66. The molecule has 2 aromatic carbocycles. The van der Waals surface area contributed by atoms with Gasteiger partial charge in [-0.2, -0.15) is 5.26 Å². The van der Waals surface area contributed by atoms with E-state index in [0.717, 1.165) is 6.07 Å². The molecule has 0 amide bonds. The summed E-state index contributed by atoms with van der Waals surface area (Å²) in [6.45, 7) is 0. The van der Waals surface area contributed by atoms with Gasteiger partial charge in [0.2, 0.25) is 0 Å². The predicted octanol–water partition coefficient (Wildman–Crippen LogP) is 2.73. The molecule has 2 aromatic rings. The van der Waals surface area contributed by atoms with Crippen LogP contribution in [0.4, 0.5) is 15.8 Å². The third-order valence-corrected chi connectivity index (χ3v) is 4.29. The second-order valence-electron chi connectivity index (χ2n) is 4.06. The summed E-state index contributed by atoms with van der Waals surface area (Å²) in [6, 6.07) is 9.18. The number of anilines is 2. The Morgan fingerprint density at radius 1 is 1.29 bits per heavy atom. The SMILES string of the molecule is N#Cc1c(F)cccc1NS(=O)(=O)c1cc(Cl)ccc1N. The van der Waals surface area contributed by atoms with Crippen molar-refractivity contribution in [1.29, 1.82) is 5.26 Å². The topological polar surface area (TPSA) is 96.0 Å². The molecule has 0 bridgehead atoms. The van der Waals surface area contributed by atoms with Crippen molar-refractivity contribution in [3.05, 3.63) is 52.8 Å². The molecule has 0 aliphatic rings. The van der Waals surface area contributed by atoms with Gasteiger partial charge in [-0.1, -0.05) is 17.7 Å². The van der Waals surface area contributed by atoms with Crippen LogP contribution in [0.3, 0.4) is 0 Å². The number of halogens is 2. The molecule has 0 atom stereocenters. The minimum absolute atomic E-state index is 0.0122. The molecule has 5 nitrogen and oxygen atoms in total. The van der Waals surface area contributed by atoms with Crippen molar-refractivity contribution >= 4 is 33.0 Å². The summed E-state index contributed by atoms with van der Waals surface area (Å²) in [5, 5.41) is 9.08. The van der Waals surface area contributed by atoms with Crippen LogP contribution in [0.25, 0.3) is 0 Å². The van der Waals surface area contributed by atoms with E-state index in [9.17, 15) is 12.8 Å². The lowest BCUT2D eigenvalue weighted by Gasteiger charge is -2.11. The molecule has 3 N–H and O–H groups in total. The average molecular weight is 326 g/mol. The van der Waals surface area contributed by atoms with Gasteiger partial charge in [0.1, 0.15) is 22.3 Å². The molecule has 0 fully saturated rings. The van der Waals surface area contributed by atoms with Crippen molar-refractivity contribution < 1.29 is 12.8 Å². The van der Waals surface area contributed by atoms with Gasteiger partial charge >= 0.3 is 0 Å². The first-order valence-electron chi connectivity index (χ1n) is 5.61. The average Bonchev–Trinajstić information content (AvgIpc) is 2.41. The van der Waals surface area contributed by atoms with E-state index in [4.69, 9.17) is 22.6 Å². The van der Waals surface area contributed by atoms with Crippen LogP contribution in [-0.2, 0) is 10.0 Å². The smallest absolute Gasteiger partial charge is 0.264 e. The van der Waals surface area contributed by atoms with Crippen LogP contribution in [-0.4, -0.2) is 8.42 Å². The molecule has 0 unspecified atom stereocenters. The van der Waals surface area contributed by atoms with E-state index in [1.807, 2.05) is 0 Å². The zero-order chi connectivity index (χ0) is 15.6. The number of nitrogens with zero attached hydrogens (tertiary/aromatic N) is 1. The first-order valence-corrected chi connectivity index (χ1v) is 7.48. The number of hydrogen-bond acceptors (Lipinski definition) is 4. The lowest BCUT2D eigenvalue weighted by Crippen LogP contribution is -2.16. The summed E-state index contributed by atoms with van der Waals surface area (Å²) in [7, 11) is -4.09. The van der Waals surface area contributed by atoms with Crippen LogP contribution < -0.4 is 10.5 Å². The minimum atomic E-state index is -4.09. The Morgan fingerprint density at radius 2 is 2.00 bits per heavy atom. The first kappa shape index (κ1) is 15.1. The second-order valence-corrected chi connectivity index (χ2v) is 6.15. The maximum atomic E-state index is 13.5. The maximum absolute atomic E-state index is 13.5. The van der Waals surface area contributed by atoms with E-state index in [0.29, 0.717) is 0 Å². The van der Waals surface area contributed by atoms with Crippen molar-refractivity contribution in [3.8, 4) is 6.07 Å². The van der Waals surface area contributed by atoms with Crippen molar-refractivity contribution in [2.75, 3.05) is 10.5 Å². The minimum Gasteiger partial charge on any atom is -0.398 e. The number of nitrogens with one attached hydrogen (secondary N) is 1. The molecule has 0 saturated carbocycles. The number of nitrogens with two attached hydrogens (primary N) is 1. The summed E-state index contributed by atoms with van der Waals surface area (Å²) in [5.41, 5.74) is 5.03. The van der Waals surface area contributed by atoms with Crippen LogP contribution in [0.2, 0.25) is 5.02 Å². The third-order valence-electron chi connectivity index (χ3n) is 2.63. The molecule has 0 spiro atoms. The Kier molecular flexibility index (Phi) is 4.02. The van der Waals surface area contributed by atoms with Gasteiger partial charge in [-0.05, 0) is 30.3 Å². The van der Waals surface area contributed by atoms with E-state index < -0.39 is 21.4 Å². The monoisotopic (exact) mass is 325 g/mol. The van der Waals surface area contributed by atoms with Gasteiger partial charge in [0, 0.05) is 5.02 Å². The molecule has 0 radical (unpaired) electrons. The molecule has 2 rings (SSSR count). The molecular formula is C13H9ClFN3O2S. The zero-order valence-corrected chi connectivity index (χ0v) is 12.0. The summed E-state index contributed by atoms with van der Waals surface area (Å²) >= 11 is 5.75. The molecule has 0 aromatic heterocycles. The second kappa shape index (κ2) is 5.60. The van der Waals surface area contributed by atoms with Crippen molar-refractivity contribution in [3.63, 3.8) is 0 Å². The highest BCUT2D eigenvalue weighted by Gasteiger charge is 2.20. The molecule has 0 aliphatic heterocycles. The van der Waals surface area contributed by atoms with Gasteiger partial charge in [0.25, 0.3) is 10.0 Å². The lowest BCUT2D eigenvalue weighted by atomic mass is 10.2. The van der Waals surface area contributed by atoms with E-state index in [1.165, 1.54) is 30.3 Å². The van der Waals surface area contributed by atoms with Crippen molar-refractivity contribution in [2.45, 2.75) is 4.90 Å². The van der Waals surface area contributed by atoms with E-state index in [2.05, 4.69) is 4.72 Å². The van der Waals surface area contributed by atoms with E-state index in [1.54, 1.807) is 6.07 Å². The van der Waals surface area contributed by atoms with Gasteiger partial charge in [-0.3, -0.25) is 4.72 Å². The van der Waals surface area contributed by atoms with Gasteiger partial charge in [-0.25, -0.2) is 12.8 Å². The highest BCUT2D eigenvalue weighted by molar-refractivity contribution is 7.92.